The van der Waals surface area contributed by atoms with Crippen LogP contribution in [0.1, 0.15) is 54.1 Å². The molecule has 0 atom stereocenters. The van der Waals surface area contributed by atoms with E-state index in [2.05, 4.69) is 41.4 Å². The van der Waals surface area contributed by atoms with E-state index < -0.39 is 0 Å². The predicted octanol–water partition coefficient (Wildman–Crippen LogP) is 2.97. The van der Waals surface area contributed by atoms with Crippen LogP contribution >= 0.6 is 0 Å². The fourth-order valence-corrected chi connectivity index (χ4v) is 4.11. The van der Waals surface area contributed by atoms with Crippen molar-refractivity contribution in [2.24, 2.45) is 0 Å². The predicted molar refractivity (Wildman–Crippen MR) is 113 cm³/mol. The Labute approximate surface area is 177 Å². The maximum Gasteiger partial charge on any atom is 0.273 e. The third-order valence-corrected chi connectivity index (χ3v) is 6.04. The van der Waals surface area contributed by atoms with Crippen LogP contribution in [0.15, 0.2) is 28.8 Å². The number of amides is 1. The SMILES string of the molecule is CC(C)(CNC(=O)c1cc(COc2ccc3c(c2)CCCC3)on1)N1CCOCC1. The second-order valence-corrected chi connectivity index (χ2v) is 8.70. The molecular weight excluding hydrogens is 382 g/mol. The second-order valence-electron chi connectivity index (χ2n) is 8.70. The van der Waals surface area contributed by atoms with Gasteiger partial charge in [0.2, 0.25) is 0 Å². The van der Waals surface area contributed by atoms with Crippen LogP contribution in [0, 0.1) is 0 Å². The van der Waals surface area contributed by atoms with Crippen molar-refractivity contribution < 1.29 is 18.8 Å². The lowest BCUT2D eigenvalue weighted by Crippen LogP contribution is -2.55. The normalized spacial score (nSPS) is 17.4. The van der Waals surface area contributed by atoms with Crippen molar-refractivity contribution in [1.29, 1.82) is 0 Å². The van der Waals surface area contributed by atoms with Gasteiger partial charge >= 0.3 is 0 Å². The fourth-order valence-electron chi connectivity index (χ4n) is 4.11. The first-order valence-electron chi connectivity index (χ1n) is 10.8. The van der Waals surface area contributed by atoms with Crippen molar-refractivity contribution in [2.45, 2.75) is 51.7 Å². The summed E-state index contributed by atoms with van der Waals surface area (Å²) in [4.78, 5) is 14.8. The Morgan fingerprint density at radius 1 is 1.17 bits per heavy atom. The van der Waals surface area contributed by atoms with Crippen molar-refractivity contribution in [3.8, 4) is 5.75 Å². The zero-order chi connectivity index (χ0) is 21.0. The molecule has 1 aliphatic heterocycles. The number of morpholine rings is 1. The number of hydrogen-bond donors (Lipinski definition) is 1. The van der Waals surface area contributed by atoms with E-state index in [9.17, 15) is 4.79 Å². The van der Waals surface area contributed by atoms with E-state index in [4.69, 9.17) is 14.0 Å². The number of aromatic nitrogens is 1. The Bertz CT molecular complexity index is 871. The summed E-state index contributed by atoms with van der Waals surface area (Å²) in [6.07, 6.45) is 4.76. The molecule has 1 aromatic carbocycles. The highest BCUT2D eigenvalue weighted by Gasteiger charge is 2.29. The molecule has 0 spiro atoms. The van der Waals surface area contributed by atoms with Gasteiger partial charge < -0.3 is 19.3 Å². The van der Waals surface area contributed by atoms with Gasteiger partial charge in [0.15, 0.2) is 11.5 Å². The molecule has 0 unspecified atom stereocenters. The minimum absolute atomic E-state index is 0.151. The van der Waals surface area contributed by atoms with E-state index >= 15 is 0 Å². The van der Waals surface area contributed by atoms with Gasteiger partial charge in [0.05, 0.1) is 13.2 Å². The summed E-state index contributed by atoms with van der Waals surface area (Å²) in [5, 5.41) is 6.88. The van der Waals surface area contributed by atoms with Crippen LogP contribution in [-0.2, 0) is 24.2 Å². The maximum absolute atomic E-state index is 12.5. The third kappa shape index (κ3) is 5.02. The molecule has 0 radical (unpaired) electrons. The first-order chi connectivity index (χ1) is 14.5. The summed E-state index contributed by atoms with van der Waals surface area (Å²) < 4.78 is 16.6. The fraction of sp³-hybridized carbons (Fsp3) is 0.565. The number of carbonyl (C=O) groups excluding carboxylic acids is 1. The lowest BCUT2D eigenvalue weighted by Gasteiger charge is -2.40. The van der Waals surface area contributed by atoms with Gasteiger partial charge in [-0.1, -0.05) is 11.2 Å². The lowest BCUT2D eigenvalue weighted by molar-refractivity contribution is -0.00925. The maximum atomic E-state index is 12.5. The molecule has 30 heavy (non-hydrogen) atoms. The molecule has 1 N–H and O–H groups in total. The van der Waals surface area contributed by atoms with Crippen LogP contribution in [0.3, 0.4) is 0 Å². The van der Waals surface area contributed by atoms with Gasteiger partial charge in [-0.05, 0) is 62.8 Å². The van der Waals surface area contributed by atoms with Crippen molar-refractivity contribution in [3.05, 3.63) is 46.8 Å². The van der Waals surface area contributed by atoms with Gasteiger partial charge in [-0.2, -0.15) is 0 Å². The summed E-state index contributed by atoms with van der Waals surface area (Å²) in [5.41, 5.74) is 2.92. The number of fused-ring (bicyclic) bond motifs is 1. The summed E-state index contributed by atoms with van der Waals surface area (Å²) in [6.45, 7) is 8.23. The number of benzene rings is 1. The van der Waals surface area contributed by atoms with Crippen LogP contribution in [-0.4, -0.2) is 54.4 Å². The number of aryl methyl sites for hydroxylation is 2. The third-order valence-electron chi connectivity index (χ3n) is 6.04. The number of rotatable bonds is 7. The van der Waals surface area contributed by atoms with Gasteiger partial charge in [-0.15, -0.1) is 0 Å². The van der Waals surface area contributed by atoms with Crippen LogP contribution in [0.25, 0.3) is 0 Å². The van der Waals surface area contributed by atoms with Crippen molar-refractivity contribution in [1.82, 2.24) is 15.4 Å². The molecule has 1 aromatic heterocycles. The Morgan fingerprint density at radius 2 is 1.93 bits per heavy atom. The average molecular weight is 414 g/mol. The number of carbonyl (C=O) groups is 1. The first kappa shape index (κ1) is 20.9. The molecule has 1 fully saturated rings. The molecule has 0 saturated carbocycles. The molecule has 1 amide bonds. The minimum atomic E-state index is -0.236. The van der Waals surface area contributed by atoms with Gasteiger partial charge in [0, 0.05) is 31.2 Å². The van der Waals surface area contributed by atoms with E-state index in [1.165, 1.54) is 24.0 Å². The zero-order valence-electron chi connectivity index (χ0n) is 17.9. The highest BCUT2D eigenvalue weighted by molar-refractivity contribution is 5.92. The number of hydrogen-bond acceptors (Lipinski definition) is 6. The average Bonchev–Trinajstić information content (AvgIpc) is 3.26. The smallest absolute Gasteiger partial charge is 0.273 e. The van der Waals surface area contributed by atoms with E-state index in [1.807, 2.05) is 6.07 Å². The molecule has 4 rings (SSSR count). The standard InChI is InChI=1S/C23H31N3O4/c1-23(2,26-9-11-28-12-10-26)16-24-22(27)21-14-20(30-25-21)15-29-19-8-7-17-5-3-4-6-18(17)13-19/h7-8,13-14H,3-6,9-12,15-16H2,1-2H3,(H,24,27). The molecule has 1 saturated heterocycles. The van der Waals surface area contributed by atoms with E-state index in [-0.39, 0.29) is 23.7 Å². The van der Waals surface area contributed by atoms with Gasteiger partial charge in [-0.3, -0.25) is 9.69 Å². The Balaban J connectivity index is 1.28. The molecule has 1 aliphatic carbocycles. The molecule has 2 aromatic rings. The number of nitrogens with zero attached hydrogens (tertiary/aromatic N) is 2. The monoisotopic (exact) mass is 413 g/mol. The zero-order valence-corrected chi connectivity index (χ0v) is 17.9. The summed E-state index contributed by atoms with van der Waals surface area (Å²) in [5.74, 6) is 1.12. The van der Waals surface area contributed by atoms with Crippen molar-refractivity contribution in [2.75, 3.05) is 32.8 Å². The topological polar surface area (TPSA) is 76.8 Å². The van der Waals surface area contributed by atoms with E-state index in [0.29, 0.717) is 12.3 Å². The molecule has 162 valence electrons. The summed E-state index contributed by atoms with van der Waals surface area (Å²) >= 11 is 0. The lowest BCUT2D eigenvalue weighted by atomic mass is 9.92. The Hall–Kier alpha value is -2.38. The van der Waals surface area contributed by atoms with E-state index in [1.54, 1.807) is 6.07 Å². The number of ether oxygens (including phenoxy) is 2. The summed E-state index contributed by atoms with van der Waals surface area (Å²) in [7, 11) is 0. The Morgan fingerprint density at radius 3 is 2.73 bits per heavy atom. The largest absolute Gasteiger partial charge is 0.486 e. The Kier molecular flexibility index (Phi) is 6.39. The molecule has 7 heteroatoms. The molecule has 2 heterocycles. The second kappa shape index (κ2) is 9.18. The summed E-state index contributed by atoms with van der Waals surface area (Å²) in [6, 6.07) is 7.92. The minimum Gasteiger partial charge on any atom is -0.486 e. The quantitative estimate of drug-likeness (QED) is 0.752. The molecular formula is C23H31N3O4. The van der Waals surface area contributed by atoms with Crippen LogP contribution in [0.4, 0.5) is 0 Å². The molecule has 0 bridgehead atoms. The van der Waals surface area contributed by atoms with Crippen LogP contribution < -0.4 is 10.1 Å². The van der Waals surface area contributed by atoms with Crippen molar-refractivity contribution >= 4 is 5.91 Å². The van der Waals surface area contributed by atoms with Crippen LogP contribution in [0.5, 0.6) is 5.75 Å². The molecule has 7 nitrogen and oxygen atoms in total. The highest BCUT2D eigenvalue weighted by Crippen LogP contribution is 2.26. The highest BCUT2D eigenvalue weighted by atomic mass is 16.5. The molecule has 2 aliphatic rings. The van der Waals surface area contributed by atoms with Gasteiger partial charge in [0.25, 0.3) is 5.91 Å². The first-order valence-corrected chi connectivity index (χ1v) is 10.8. The van der Waals surface area contributed by atoms with Crippen molar-refractivity contribution in [3.63, 3.8) is 0 Å². The van der Waals surface area contributed by atoms with Gasteiger partial charge in [0.1, 0.15) is 12.4 Å². The van der Waals surface area contributed by atoms with E-state index in [0.717, 1.165) is 44.9 Å². The number of nitrogens with one attached hydrogen (secondary N) is 1. The van der Waals surface area contributed by atoms with Crippen LogP contribution in [0.2, 0.25) is 0 Å². The van der Waals surface area contributed by atoms with Gasteiger partial charge in [-0.25, -0.2) is 0 Å².